The molecule has 0 aliphatic rings. The molecule has 0 spiro atoms. The van der Waals surface area contributed by atoms with Gasteiger partial charge >= 0.3 is 0 Å². The molecule has 0 heterocycles. The van der Waals surface area contributed by atoms with Gasteiger partial charge in [-0.1, -0.05) is 54.6 Å². The monoisotopic (exact) mass is 381 g/mol. The number of sulfonamides is 1. The minimum absolute atomic E-state index is 0.0154. The standard InChI is InChI=1S/C20H19N3O3S/c21-20(22)16-4-3-5-17(12-16)26-13-14-8-10-15(11-9-14)18-6-1-2-7-19(18)27(23,24)25/h1-12H,13H2,(H3,21,22)(H2,23,24,25). The van der Waals surface area contributed by atoms with Crippen LogP contribution in [0, 0.1) is 5.41 Å². The van der Waals surface area contributed by atoms with Crippen LogP contribution < -0.4 is 15.6 Å². The van der Waals surface area contributed by atoms with E-state index in [1.807, 2.05) is 24.3 Å². The van der Waals surface area contributed by atoms with Crippen molar-refractivity contribution in [3.05, 3.63) is 83.9 Å². The van der Waals surface area contributed by atoms with Gasteiger partial charge in [-0.15, -0.1) is 0 Å². The number of benzene rings is 3. The summed E-state index contributed by atoms with van der Waals surface area (Å²) in [5, 5.41) is 12.8. The predicted molar refractivity (Wildman–Crippen MR) is 105 cm³/mol. The molecule has 3 rings (SSSR count). The Kier molecular flexibility index (Phi) is 5.25. The lowest BCUT2D eigenvalue weighted by atomic mass is 10.0. The van der Waals surface area contributed by atoms with E-state index in [0.29, 0.717) is 23.5 Å². The lowest BCUT2D eigenvalue weighted by Gasteiger charge is -2.10. The highest BCUT2D eigenvalue weighted by Gasteiger charge is 2.14. The third kappa shape index (κ3) is 4.52. The van der Waals surface area contributed by atoms with Crippen molar-refractivity contribution in [1.82, 2.24) is 0 Å². The van der Waals surface area contributed by atoms with E-state index in [1.54, 1.807) is 42.5 Å². The molecule has 3 aromatic rings. The van der Waals surface area contributed by atoms with E-state index in [2.05, 4.69) is 0 Å². The van der Waals surface area contributed by atoms with Gasteiger partial charge in [0.15, 0.2) is 0 Å². The van der Waals surface area contributed by atoms with Crippen LogP contribution in [-0.2, 0) is 16.6 Å². The number of rotatable bonds is 6. The maximum Gasteiger partial charge on any atom is 0.238 e. The molecule has 0 unspecified atom stereocenters. The van der Waals surface area contributed by atoms with Gasteiger partial charge in [-0.2, -0.15) is 0 Å². The Balaban J connectivity index is 1.77. The fraction of sp³-hybridized carbons (Fsp3) is 0.0500. The van der Waals surface area contributed by atoms with Crippen LogP contribution in [0.2, 0.25) is 0 Å². The van der Waals surface area contributed by atoms with Crippen LogP contribution in [0.25, 0.3) is 11.1 Å². The highest BCUT2D eigenvalue weighted by molar-refractivity contribution is 7.89. The molecule has 3 aromatic carbocycles. The number of hydrogen-bond acceptors (Lipinski definition) is 4. The smallest absolute Gasteiger partial charge is 0.238 e. The van der Waals surface area contributed by atoms with Crippen molar-refractivity contribution in [1.29, 1.82) is 5.41 Å². The zero-order valence-corrected chi connectivity index (χ0v) is 15.2. The Morgan fingerprint density at radius 1 is 0.963 bits per heavy atom. The van der Waals surface area contributed by atoms with E-state index in [0.717, 1.165) is 11.1 Å². The highest BCUT2D eigenvalue weighted by atomic mass is 32.2. The van der Waals surface area contributed by atoms with Gasteiger partial charge in [0.05, 0.1) is 4.90 Å². The van der Waals surface area contributed by atoms with Crippen molar-refractivity contribution in [3.63, 3.8) is 0 Å². The van der Waals surface area contributed by atoms with Gasteiger partial charge in [-0.3, -0.25) is 5.41 Å². The SMILES string of the molecule is N=C(N)c1cccc(OCc2ccc(-c3ccccc3S(N)(=O)=O)cc2)c1. The van der Waals surface area contributed by atoms with Gasteiger partial charge in [0.2, 0.25) is 10.0 Å². The third-order valence-electron chi connectivity index (χ3n) is 4.01. The molecular weight excluding hydrogens is 362 g/mol. The van der Waals surface area contributed by atoms with Crippen LogP contribution >= 0.6 is 0 Å². The van der Waals surface area contributed by atoms with Crippen molar-refractivity contribution in [2.24, 2.45) is 10.9 Å². The van der Waals surface area contributed by atoms with Crippen LogP contribution in [0.3, 0.4) is 0 Å². The summed E-state index contributed by atoms with van der Waals surface area (Å²) in [5.74, 6) is 0.602. The Morgan fingerprint density at radius 3 is 2.33 bits per heavy atom. The molecule has 27 heavy (non-hydrogen) atoms. The van der Waals surface area contributed by atoms with Crippen molar-refractivity contribution >= 4 is 15.9 Å². The first-order chi connectivity index (χ1) is 12.8. The van der Waals surface area contributed by atoms with Crippen LogP contribution in [0.1, 0.15) is 11.1 Å². The molecule has 0 fully saturated rings. The molecule has 6 nitrogen and oxygen atoms in total. The third-order valence-corrected chi connectivity index (χ3v) is 4.98. The normalized spacial score (nSPS) is 11.1. The van der Waals surface area contributed by atoms with E-state index < -0.39 is 10.0 Å². The predicted octanol–water partition coefficient (Wildman–Crippen LogP) is 2.86. The van der Waals surface area contributed by atoms with Crippen molar-refractivity contribution in [3.8, 4) is 16.9 Å². The summed E-state index contributed by atoms with van der Waals surface area (Å²) in [6.07, 6.45) is 0. The molecule has 5 N–H and O–H groups in total. The van der Waals surface area contributed by atoms with Crippen molar-refractivity contribution in [2.75, 3.05) is 0 Å². The van der Waals surface area contributed by atoms with Gasteiger partial charge in [-0.25, -0.2) is 13.6 Å². The lowest BCUT2D eigenvalue weighted by Crippen LogP contribution is -2.13. The summed E-state index contributed by atoms with van der Waals surface area (Å²) < 4.78 is 29.3. The maximum absolute atomic E-state index is 11.8. The number of primary sulfonamides is 1. The molecule has 0 aliphatic heterocycles. The first-order valence-electron chi connectivity index (χ1n) is 8.13. The quantitative estimate of drug-likeness (QED) is 0.449. The Labute approximate surface area is 158 Å². The molecule has 0 bridgehead atoms. The number of nitrogen functional groups attached to an aromatic ring is 1. The number of nitrogens with one attached hydrogen (secondary N) is 1. The number of hydrogen-bond donors (Lipinski definition) is 3. The lowest BCUT2D eigenvalue weighted by molar-refractivity contribution is 0.306. The Bertz CT molecular complexity index is 1080. The van der Waals surface area contributed by atoms with Crippen LogP contribution in [-0.4, -0.2) is 14.3 Å². The fourth-order valence-electron chi connectivity index (χ4n) is 2.65. The topological polar surface area (TPSA) is 119 Å². The zero-order valence-electron chi connectivity index (χ0n) is 14.4. The number of ether oxygens (including phenoxy) is 1. The summed E-state index contributed by atoms with van der Waals surface area (Å²) in [6, 6.07) is 21.0. The molecule has 0 aliphatic carbocycles. The van der Waals surface area contributed by atoms with Crippen molar-refractivity contribution < 1.29 is 13.2 Å². The van der Waals surface area contributed by atoms with E-state index in [-0.39, 0.29) is 10.7 Å². The molecule has 0 aromatic heterocycles. The fourth-order valence-corrected chi connectivity index (χ4v) is 3.41. The van der Waals surface area contributed by atoms with Gasteiger partial charge < -0.3 is 10.5 Å². The Hall–Kier alpha value is -3.16. The van der Waals surface area contributed by atoms with Crippen LogP contribution in [0.5, 0.6) is 5.75 Å². The van der Waals surface area contributed by atoms with Gasteiger partial charge in [0, 0.05) is 11.1 Å². The first-order valence-corrected chi connectivity index (χ1v) is 9.67. The van der Waals surface area contributed by atoms with Gasteiger partial charge in [0.1, 0.15) is 18.2 Å². The Morgan fingerprint density at radius 2 is 1.67 bits per heavy atom. The summed E-state index contributed by atoms with van der Waals surface area (Å²) in [7, 11) is -3.80. The average molecular weight is 381 g/mol. The molecule has 0 atom stereocenters. The van der Waals surface area contributed by atoms with Gasteiger partial charge in [-0.05, 0) is 29.3 Å². The molecule has 138 valence electrons. The van der Waals surface area contributed by atoms with Gasteiger partial charge in [0.25, 0.3) is 0 Å². The molecular formula is C20H19N3O3S. The van der Waals surface area contributed by atoms with Crippen LogP contribution in [0.4, 0.5) is 0 Å². The molecule has 0 saturated heterocycles. The first kappa shape index (κ1) is 18.6. The maximum atomic E-state index is 11.8. The van der Waals surface area contributed by atoms with Crippen molar-refractivity contribution in [2.45, 2.75) is 11.5 Å². The molecule has 7 heteroatoms. The molecule has 0 amide bonds. The summed E-state index contributed by atoms with van der Waals surface area (Å²) in [4.78, 5) is 0.0926. The highest BCUT2D eigenvalue weighted by Crippen LogP contribution is 2.27. The largest absolute Gasteiger partial charge is 0.489 e. The average Bonchev–Trinajstić information content (AvgIpc) is 2.66. The minimum Gasteiger partial charge on any atom is -0.489 e. The summed E-state index contributed by atoms with van der Waals surface area (Å²) in [6.45, 7) is 0.332. The summed E-state index contributed by atoms with van der Waals surface area (Å²) in [5.41, 5.74) is 8.31. The zero-order chi connectivity index (χ0) is 19.4. The summed E-state index contributed by atoms with van der Waals surface area (Å²) >= 11 is 0. The second kappa shape index (κ2) is 7.61. The van der Waals surface area contributed by atoms with E-state index in [1.165, 1.54) is 6.07 Å². The second-order valence-corrected chi connectivity index (χ2v) is 7.50. The van der Waals surface area contributed by atoms with E-state index >= 15 is 0 Å². The van der Waals surface area contributed by atoms with E-state index in [9.17, 15) is 8.42 Å². The second-order valence-electron chi connectivity index (χ2n) is 5.97. The molecule has 0 saturated carbocycles. The van der Waals surface area contributed by atoms with Crippen LogP contribution in [0.15, 0.2) is 77.7 Å². The van der Waals surface area contributed by atoms with E-state index in [4.69, 9.17) is 21.0 Å². The number of amidine groups is 1. The number of nitrogens with two attached hydrogens (primary N) is 2. The minimum atomic E-state index is -3.80. The molecule has 0 radical (unpaired) electrons.